The van der Waals surface area contributed by atoms with Gasteiger partial charge in [0, 0.05) is 17.3 Å². The topological polar surface area (TPSA) is 69.6 Å². The Balaban J connectivity index is 2.27. The maximum atomic E-state index is 11.7. The van der Waals surface area contributed by atoms with Crippen LogP contribution < -0.4 is 10.2 Å². The lowest BCUT2D eigenvalue weighted by Crippen LogP contribution is -2.35. The molecule has 2 N–H and O–H groups in total. The summed E-state index contributed by atoms with van der Waals surface area (Å²) in [6, 6.07) is 6.12. The van der Waals surface area contributed by atoms with E-state index in [1.165, 1.54) is 4.90 Å². The number of amides is 2. The van der Waals surface area contributed by atoms with Gasteiger partial charge >= 0.3 is 12.0 Å². The quantitative estimate of drug-likeness (QED) is 0.863. The Hall–Kier alpha value is -1.75. The second-order valence-electron chi connectivity index (χ2n) is 3.79. The van der Waals surface area contributed by atoms with Crippen molar-refractivity contribution >= 4 is 29.3 Å². The molecule has 0 bridgehead atoms. The number of urea groups is 1. The monoisotopic (exact) mass is 254 g/mol. The van der Waals surface area contributed by atoms with E-state index in [2.05, 4.69) is 5.32 Å². The fourth-order valence-corrected chi connectivity index (χ4v) is 2.05. The SMILES string of the molecule is O=C(O)CC1CNC(=O)N1c1cccc(Cl)c1. The molecule has 0 aliphatic carbocycles. The predicted octanol–water partition coefficient (Wildman–Crippen LogP) is 1.71. The molecule has 2 amide bonds. The highest BCUT2D eigenvalue weighted by atomic mass is 35.5. The zero-order valence-corrected chi connectivity index (χ0v) is 9.65. The number of carboxylic acid groups (broad SMARTS) is 1. The molecule has 0 spiro atoms. The molecule has 1 aromatic rings. The van der Waals surface area contributed by atoms with Gasteiger partial charge in [0.25, 0.3) is 0 Å². The standard InChI is InChI=1S/C11H11ClN2O3/c12-7-2-1-3-8(4-7)14-9(5-10(15)16)6-13-11(14)17/h1-4,9H,5-6H2,(H,13,17)(H,15,16). The van der Waals surface area contributed by atoms with Gasteiger partial charge < -0.3 is 10.4 Å². The number of hydrogen-bond acceptors (Lipinski definition) is 2. The first-order valence-electron chi connectivity index (χ1n) is 5.12. The molecule has 90 valence electrons. The smallest absolute Gasteiger partial charge is 0.322 e. The van der Waals surface area contributed by atoms with Crippen LogP contribution in [0.3, 0.4) is 0 Å². The largest absolute Gasteiger partial charge is 0.481 e. The van der Waals surface area contributed by atoms with E-state index in [9.17, 15) is 9.59 Å². The van der Waals surface area contributed by atoms with Crippen molar-refractivity contribution < 1.29 is 14.7 Å². The highest BCUT2D eigenvalue weighted by molar-refractivity contribution is 6.30. The maximum Gasteiger partial charge on any atom is 0.322 e. The van der Waals surface area contributed by atoms with E-state index in [-0.39, 0.29) is 18.5 Å². The summed E-state index contributed by atoms with van der Waals surface area (Å²) in [6.07, 6.45) is -0.0920. The third-order valence-electron chi connectivity index (χ3n) is 2.57. The Morgan fingerprint density at radius 1 is 1.59 bits per heavy atom. The van der Waals surface area contributed by atoms with Crippen LogP contribution in [0.15, 0.2) is 24.3 Å². The number of carbonyl (C=O) groups is 2. The zero-order chi connectivity index (χ0) is 12.4. The van der Waals surface area contributed by atoms with E-state index < -0.39 is 5.97 Å². The Labute approximate surface area is 103 Å². The minimum Gasteiger partial charge on any atom is -0.481 e. The predicted molar refractivity (Wildman–Crippen MR) is 63.4 cm³/mol. The Bertz CT molecular complexity index is 464. The molecule has 17 heavy (non-hydrogen) atoms. The number of carbonyl (C=O) groups excluding carboxylic acids is 1. The van der Waals surface area contributed by atoms with Crippen molar-refractivity contribution in [2.45, 2.75) is 12.5 Å². The summed E-state index contributed by atoms with van der Waals surface area (Å²) in [5.74, 6) is -0.932. The fraction of sp³-hybridized carbons (Fsp3) is 0.273. The highest BCUT2D eigenvalue weighted by Gasteiger charge is 2.33. The van der Waals surface area contributed by atoms with Crippen LogP contribution in [0.5, 0.6) is 0 Å². The van der Waals surface area contributed by atoms with Crippen molar-refractivity contribution in [3.8, 4) is 0 Å². The molecule has 1 fully saturated rings. The van der Waals surface area contributed by atoms with Crippen LogP contribution in [0, 0.1) is 0 Å². The van der Waals surface area contributed by atoms with Gasteiger partial charge in [0.05, 0.1) is 12.5 Å². The molecular weight excluding hydrogens is 244 g/mol. The van der Waals surface area contributed by atoms with Crippen LogP contribution in [0.25, 0.3) is 0 Å². The van der Waals surface area contributed by atoms with Crippen LogP contribution in [0.2, 0.25) is 5.02 Å². The Morgan fingerprint density at radius 2 is 2.35 bits per heavy atom. The number of nitrogens with one attached hydrogen (secondary N) is 1. The van der Waals surface area contributed by atoms with Gasteiger partial charge in [-0.2, -0.15) is 0 Å². The number of hydrogen-bond donors (Lipinski definition) is 2. The van der Waals surface area contributed by atoms with Gasteiger partial charge in [-0.1, -0.05) is 17.7 Å². The summed E-state index contributed by atoms with van der Waals surface area (Å²) in [6.45, 7) is 0.331. The second kappa shape index (κ2) is 4.63. The van der Waals surface area contributed by atoms with Crippen molar-refractivity contribution in [1.82, 2.24) is 5.32 Å². The normalized spacial score (nSPS) is 19.2. The van der Waals surface area contributed by atoms with E-state index in [4.69, 9.17) is 16.7 Å². The third kappa shape index (κ3) is 2.50. The molecule has 1 aliphatic heterocycles. The number of nitrogens with zero attached hydrogens (tertiary/aromatic N) is 1. The van der Waals surface area contributed by atoms with Gasteiger partial charge in [0.2, 0.25) is 0 Å². The Morgan fingerprint density at radius 3 is 3.00 bits per heavy atom. The molecule has 0 radical (unpaired) electrons. The maximum absolute atomic E-state index is 11.7. The molecule has 1 aromatic carbocycles. The molecule has 0 saturated carbocycles. The van der Waals surface area contributed by atoms with Crippen molar-refractivity contribution in [3.63, 3.8) is 0 Å². The van der Waals surface area contributed by atoms with Gasteiger partial charge in [-0.05, 0) is 18.2 Å². The minimum atomic E-state index is -0.932. The van der Waals surface area contributed by atoms with Crippen LogP contribution >= 0.6 is 11.6 Å². The molecule has 2 rings (SSSR count). The van der Waals surface area contributed by atoms with Gasteiger partial charge in [-0.15, -0.1) is 0 Å². The van der Waals surface area contributed by atoms with E-state index in [0.717, 1.165) is 0 Å². The Kier molecular flexibility index (Phi) is 3.19. The third-order valence-corrected chi connectivity index (χ3v) is 2.80. The summed E-state index contributed by atoms with van der Waals surface area (Å²) in [5, 5.41) is 11.9. The zero-order valence-electron chi connectivity index (χ0n) is 8.89. The first-order chi connectivity index (χ1) is 8.08. The van der Waals surface area contributed by atoms with Crippen LogP contribution in [0.4, 0.5) is 10.5 Å². The molecule has 1 atom stereocenters. The van der Waals surface area contributed by atoms with Gasteiger partial charge in [0.1, 0.15) is 0 Å². The van der Waals surface area contributed by atoms with Crippen molar-refractivity contribution in [2.75, 3.05) is 11.4 Å². The lowest BCUT2D eigenvalue weighted by Gasteiger charge is -2.21. The number of carboxylic acids is 1. The number of rotatable bonds is 3. The molecule has 1 saturated heterocycles. The highest BCUT2D eigenvalue weighted by Crippen LogP contribution is 2.24. The lowest BCUT2D eigenvalue weighted by atomic mass is 10.2. The molecule has 1 unspecified atom stereocenters. The van der Waals surface area contributed by atoms with Crippen molar-refractivity contribution in [2.24, 2.45) is 0 Å². The number of aliphatic carboxylic acids is 1. The lowest BCUT2D eigenvalue weighted by molar-refractivity contribution is -0.137. The van der Waals surface area contributed by atoms with Gasteiger partial charge in [0.15, 0.2) is 0 Å². The molecule has 5 nitrogen and oxygen atoms in total. The van der Waals surface area contributed by atoms with E-state index >= 15 is 0 Å². The second-order valence-corrected chi connectivity index (χ2v) is 4.22. The molecule has 1 aliphatic rings. The summed E-state index contributed by atoms with van der Waals surface area (Å²) >= 11 is 5.85. The summed E-state index contributed by atoms with van der Waals surface area (Å²) in [7, 11) is 0. The molecule has 6 heteroatoms. The summed E-state index contributed by atoms with van der Waals surface area (Å²) < 4.78 is 0. The van der Waals surface area contributed by atoms with Crippen LogP contribution in [-0.2, 0) is 4.79 Å². The number of halogens is 1. The number of anilines is 1. The average Bonchev–Trinajstić information content (AvgIpc) is 2.59. The number of benzene rings is 1. The molecule has 1 heterocycles. The van der Waals surface area contributed by atoms with Crippen LogP contribution in [0.1, 0.15) is 6.42 Å². The van der Waals surface area contributed by atoms with Gasteiger partial charge in [-0.3, -0.25) is 9.69 Å². The van der Waals surface area contributed by atoms with E-state index in [1.54, 1.807) is 24.3 Å². The van der Waals surface area contributed by atoms with Gasteiger partial charge in [-0.25, -0.2) is 4.79 Å². The van der Waals surface area contributed by atoms with E-state index in [0.29, 0.717) is 17.3 Å². The van der Waals surface area contributed by atoms with E-state index in [1.807, 2.05) is 0 Å². The summed E-state index contributed by atoms with van der Waals surface area (Å²) in [5.41, 5.74) is 0.610. The van der Waals surface area contributed by atoms with Crippen molar-refractivity contribution in [3.05, 3.63) is 29.3 Å². The van der Waals surface area contributed by atoms with Crippen molar-refractivity contribution in [1.29, 1.82) is 0 Å². The summed E-state index contributed by atoms with van der Waals surface area (Å²) in [4.78, 5) is 23.8. The average molecular weight is 255 g/mol. The molecule has 0 aromatic heterocycles. The molecular formula is C11H11ClN2O3. The fourth-order valence-electron chi connectivity index (χ4n) is 1.87. The van der Waals surface area contributed by atoms with Crippen LogP contribution in [-0.4, -0.2) is 29.7 Å². The minimum absolute atomic E-state index is 0.0920. The first kappa shape index (κ1) is 11.7. The first-order valence-corrected chi connectivity index (χ1v) is 5.50.